The van der Waals surface area contributed by atoms with Gasteiger partial charge >= 0.3 is 6.03 Å². The molecule has 0 spiro atoms. The third kappa shape index (κ3) is 4.47. The van der Waals surface area contributed by atoms with Crippen molar-refractivity contribution in [2.45, 2.75) is 39.5 Å². The topological polar surface area (TPSA) is 44.7 Å². The molecule has 3 rings (SSSR count). The third-order valence-corrected chi connectivity index (χ3v) is 4.41. The highest BCUT2D eigenvalue weighted by Gasteiger charge is 2.22. The van der Waals surface area contributed by atoms with Gasteiger partial charge in [-0.3, -0.25) is 9.89 Å². The molecule has 0 saturated heterocycles. The highest BCUT2D eigenvalue weighted by molar-refractivity contribution is 6.20. The first-order valence-corrected chi connectivity index (χ1v) is 8.91. The Bertz CT molecular complexity index is 748. The predicted molar refractivity (Wildman–Crippen MR) is 105 cm³/mol. The van der Waals surface area contributed by atoms with Crippen molar-refractivity contribution in [1.29, 1.82) is 0 Å². The van der Waals surface area contributed by atoms with E-state index in [0.29, 0.717) is 0 Å². The Labute approximate surface area is 149 Å². The van der Waals surface area contributed by atoms with E-state index >= 15 is 0 Å². The van der Waals surface area contributed by atoms with Crippen molar-refractivity contribution < 1.29 is 4.79 Å². The van der Waals surface area contributed by atoms with Gasteiger partial charge in [-0.1, -0.05) is 41.8 Å². The van der Waals surface area contributed by atoms with Gasteiger partial charge in [0.25, 0.3) is 0 Å². The Hall–Kier alpha value is -2.62. The van der Waals surface area contributed by atoms with Crippen LogP contribution in [0.4, 0.5) is 16.2 Å². The van der Waals surface area contributed by atoms with Crippen molar-refractivity contribution in [3.05, 3.63) is 59.7 Å². The number of carbonyl (C=O) groups excluding carboxylic acids is 1. The first kappa shape index (κ1) is 17.2. The molecule has 2 aromatic carbocycles. The standard InChI is InChI=1S/C21H25N3O/c1-16-7-11-18(12-8-16)23-21(25)24(19-13-9-17(2)10-14-19)20-6-4-3-5-15-22-20/h7-14H,3-6,15H2,1-2H3,(H,23,25). The lowest BCUT2D eigenvalue weighted by Crippen LogP contribution is -2.40. The van der Waals surface area contributed by atoms with E-state index < -0.39 is 0 Å². The van der Waals surface area contributed by atoms with E-state index in [-0.39, 0.29) is 6.03 Å². The molecular formula is C21H25N3O. The highest BCUT2D eigenvalue weighted by Crippen LogP contribution is 2.21. The molecule has 0 fully saturated rings. The third-order valence-electron chi connectivity index (χ3n) is 4.41. The molecule has 0 radical (unpaired) electrons. The van der Waals surface area contributed by atoms with Gasteiger partial charge in [0.15, 0.2) is 0 Å². The second-order valence-electron chi connectivity index (χ2n) is 6.58. The number of aliphatic imine (C=N–C) groups is 1. The maximum atomic E-state index is 13.0. The number of carbonyl (C=O) groups is 1. The van der Waals surface area contributed by atoms with Crippen LogP contribution >= 0.6 is 0 Å². The smallest absolute Gasteiger partial charge is 0.307 e. The largest absolute Gasteiger partial charge is 0.331 e. The Kier molecular flexibility index (Phi) is 5.49. The number of amides is 2. The van der Waals surface area contributed by atoms with Gasteiger partial charge in [-0.2, -0.15) is 0 Å². The van der Waals surface area contributed by atoms with Gasteiger partial charge in [-0.05, 0) is 51.0 Å². The van der Waals surface area contributed by atoms with Gasteiger partial charge in [0.1, 0.15) is 5.84 Å². The number of anilines is 2. The van der Waals surface area contributed by atoms with Crippen LogP contribution in [0.1, 0.15) is 36.8 Å². The lowest BCUT2D eigenvalue weighted by atomic mass is 10.1. The molecule has 4 nitrogen and oxygen atoms in total. The fraction of sp³-hybridized carbons (Fsp3) is 0.333. The molecule has 1 aliphatic rings. The predicted octanol–water partition coefficient (Wildman–Crippen LogP) is 5.31. The Morgan fingerprint density at radius 1 is 0.920 bits per heavy atom. The summed E-state index contributed by atoms with van der Waals surface area (Å²) in [7, 11) is 0. The monoisotopic (exact) mass is 335 g/mol. The number of nitrogens with zero attached hydrogens (tertiary/aromatic N) is 2. The number of benzene rings is 2. The number of amidine groups is 1. The lowest BCUT2D eigenvalue weighted by molar-refractivity contribution is 0.259. The minimum atomic E-state index is -0.159. The molecule has 4 heteroatoms. The number of urea groups is 1. The minimum Gasteiger partial charge on any atom is -0.307 e. The SMILES string of the molecule is Cc1ccc(NC(=O)N(C2=NCCCCC2)c2ccc(C)cc2)cc1. The molecule has 1 aliphatic heterocycles. The van der Waals surface area contributed by atoms with E-state index in [4.69, 9.17) is 0 Å². The summed E-state index contributed by atoms with van der Waals surface area (Å²) < 4.78 is 0. The van der Waals surface area contributed by atoms with Crippen LogP contribution in [0, 0.1) is 13.8 Å². The van der Waals surface area contributed by atoms with Crippen LogP contribution in [0.15, 0.2) is 53.5 Å². The number of rotatable bonds is 2. The molecule has 25 heavy (non-hydrogen) atoms. The van der Waals surface area contributed by atoms with Crippen molar-refractivity contribution in [2.24, 2.45) is 4.99 Å². The average molecular weight is 335 g/mol. The molecule has 0 atom stereocenters. The van der Waals surface area contributed by atoms with Gasteiger partial charge in [0, 0.05) is 18.7 Å². The summed E-state index contributed by atoms with van der Waals surface area (Å²) in [5, 5.41) is 3.01. The zero-order valence-electron chi connectivity index (χ0n) is 15.0. The van der Waals surface area contributed by atoms with Gasteiger partial charge in [-0.25, -0.2) is 4.79 Å². The van der Waals surface area contributed by atoms with Gasteiger partial charge in [0.2, 0.25) is 0 Å². The van der Waals surface area contributed by atoms with E-state index in [9.17, 15) is 4.79 Å². The van der Waals surface area contributed by atoms with Crippen LogP contribution in [0.3, 0.4) is 0 Å². The fourth-order valence-electron chi connectivity index (χ4n) is 2.93. The summed E-state index contributed by atoms with van der Waals surface area (Å²) in [6.07, 6.45) is 4.15. The normalized spacial score (nSPS) is 14.4. The Morgan fingerprint density at radius 3 is 2.24 bits per heavy atom. The maximum Gasteiger partial charge on any atom is 0.331 e. The minimum absolute atomic E-state index is 0.159. The van der Waals surface area contributed by atoms with E-state index in [2.05, 4.69) is 10.3 Å². The summed E-state index contributed by atoms with van der Waals surface area (Å²) in [5.41, 5.74) is 3.99. The van der Waals surface area contributed by atoms with Crippen molar-refractivity contribution in [3.8, 4) is 0 Å². The van der Waals surface area contributed by atoms with Crippen LogP contribution in [0.5, 0.6) is 0 Å². The van der Waals surface area contributed by atoms with Crippen molar-refractivity contribution in [3.63, 3.8) is 0 Å². The van der Waals surface area contributed by atoms with Crippen LogP contribution < -0.4 is 10.2 Å². The quantitative estimate of drug-likeness (QED) is 0.793. The lowest BCUT2D eigenvalue weighted by Gasteiger charge is -2.24. The first-order valence-electron chi connectivity index (χ1n) is 8.91. The molecule has 0 bridgehead atoms. The molecule has 2 aromatic rings. The Balaban J connectivity index is 1.89. The molecule has 0 aromatic heterocycles. The summed E-state index contributed by atoms with van der Waals surface area (Å²) in [6.45, 7) is 4.86. The van der Waals surface area contributed by atoms with E-state index in [1.807, 2.05) is 62.4 Å². The number of hydrogen-bond acceptors (Lipinski definition) is 2. The Morgan fingerprint density at radius 2 is 1.56 bits per heavy atom. The van der Waals surface area contributed by atoms with E-state index in [0.717, 1.165) is 49.4 Å². The molecule has 1 N–H and O–H groups in total. The zero-order chi connectivity index (χ0) is 17.6. The summed E-state index contributed by atoms with van der Waals surface area (Å²) in [4.78, 5) is 19.4. The van der Waals surface area contributed by atoms with Crippen molar-refractivity contribution >= 4 is 23.2 Å². The average Bonchev–Trinajstić information content (AvgIpc) is 2.88. The molecular weight excluding hydrogens is 310 g/mol. The molecule has 0 unspecified atom stereocenters. The van der Waals surface area contributed by atoms with Crippen molar-refractivity contribution in [1.82, 2.24) is 0 Å². The zero-order valence-corrected chi connectivity index (χ0v) is 15.0. The second-order valence-corrected chi connectivity index (χ2v) is 6.58. The maximum absolute atomic E-state index is 13.0. The fourth-order valence-corrected chi connectivity index (χ4v) is 2.93. The highest BCUT2D eigenvalue weighted by atomic mass is 16.2. The van der Waals surface area contributed by atoms with Gasteiger partial charge in [0.05, 0.1) is 5.69 Å². The van der Waals surface area contributed by atoms with E-state index in [1.165, 1.54) is 11.1 Å². The van der Waals surface area contributed by atoms with Crippen LogP contribution in [-0.2, 0) is 0 Å². The molecule has 0 saturated carbocycles. The van der Waals surface area contributed by atoms with Crippen LogP contribution in [0.25, 0.3) is 0 Å². The number of hydrogen-bond donors (Lipinski definition) is 1. The summed E-state index contributed by atoms with van der Waals surface area (Å²) >= 11 is 0. The first-order chi connectivity index (χ1) is 12.1. The molecule has 0 aliphatic carbocycles. The molecule has 1 heterocycles. The summed E-state index contributed by atoms with van der Waals surface area (Å²) in [5.74, 6) is 0.853. The van der Waals surface area contributed by atoms with E-state index in [1.54, 1.807) is 4.90 Å². The molecule has 2 amide bonds. The van der Waals surface area contributed by atoms with Crippen LogP contribution in [-0.4, -0.2) is 18.4 Å². The molecule has 130 valence electrons. The van der Waals surface area contributed by atoms with Gasteiger partial charge < -0.3 is 5.32 Å². The number of aryl methyl sites for hydroxylation is 2. The number of nitrogens with one attached hydrogen (secondary N) is 1. The van der Waals surface area contributed by atoms with Crippen LogP contribution in [0.2, 0.25) is 0 Å². The van der Waals surface area contributed by atoms with Crippen molar-refractivity contribution in [2.75, 3.05) is 16.8 Å². The summed E-state index contributed by atoms with van der Waals surface area (Å²) in [6, 6.07) is 15.7. The second kappa shape index (κ2) is 7.97. The van der Waals surface area contributed by atoms with Gasteiger partial charge in [-0.15, -0.1) is 0 Å².